The minimum atomic E-state index is -0.395. The van der Waals surface area contributed by atoms with Crippen LogP contribution in [0.4, 0.5) is 5.95 Å². The van der Waals surface area contributed by atoms with Crippen LogP contribution < -0.4 is 10.2 Å². The van der Waals surface area contributed by atoms with Crippen LogP contribution in [0.3, 0.4) is 0 Å². The molecule has 0 radical (unpaired) electrons. The van der Waals surface area contributed by atoms with Gasteiger partial charge in [-0.05, 0) is 31.5 Å². The zero-order chi connectivity index (χ0) is 17.8. The Labute approximate surface area is 146 Å². The predicted molar refractivity (Wildman–Crippen MR) is 93.8 cm³/mol. The molecule has 25 heavy (non-hydrogen) atoms. The average molecular weight is 342 g/mol. The number of aryl methyl sites for hydroxylation is 1. The van der Waals surface area contributed by atoms with Gasteiger partial charge in [0.2, 0.25) is 5.95 Å². The number of piperazine rings is 1. The summed E-state index contributed by atoms with van der Waals surface area (Å²) in [4.78, 5) is 22.8. The molecule has 1 atom stereocenters. The van der Waals surface area contributed by atoms with E-state index in [1.807, 2.05) is 12.1 Å². The first-order chi connectivity index (χ1) is 12.1. The van der Waals surface area contributed by atoms with Crippen molar-refractivity contribution in [3.05, 3.63) is 47.3 Å². The van der Waals surface area contributed by atoms with Crippen LogP contribution in [0.25, 0.3) is 0 Å². The number of nitrogens with one attached hydrogen (secondary N) is 1. The number of esters is 1. The highest BCUT2D eigenvalue weighted by Crippen LogP contribution is 2.22. The molecule has 1 aromatic heterocycles. The molecule has 2 heterocycles. The van der Waals surface area contributed by atoms with Crippen molar-refractivity contribution in [3.63, 3.8) is 0 Å². The van der Waals surface area contributed by atoms with E-state index < -0.39 is 5.97 Å². The summed E-state index contributed by atoms with van der Waals surface area (Å²) in [6.45, 7) is 6.18. The minimum absolute atomic E-state index is 0.128. The molecular weight excluding hydrogens is 320 g/mol. The van der Waals surface area contributed by atoms with Gasteiger partial charge in [0.1, 0.15) is 5.75 Å². The molecule has 1 fully saturated rings. The van der Waals surface area contributed by atoms with Gasteiger partial charge in [0.25, 0.3) is 0 Å². The third kappa shape index (κ3) is 3.88. The molecule has 0 aliphatic carbocycles. The van der Waals surface area contributed by atoms with Gasteiger partial charge in [0, 0.05) is 31.9 Å². The van der Waals surface area contributed by atoms with Gasteiger partial charge in [-0.15, -0.1) is 0 Å². The van der Waals surface area contributed by atoms with Crippen molar-refractivity contribution in [1.29, 1.82) is 0 Å². The summed E-state index contributed by atoms with van der Waals surface area (Å²) in [7, 11) is 0. The van der Waals surface area contributed by atoms with Gasteiger partial charge in [-0.2, -0.15) is 0 Å². The van der Waals surface area contributed by atoms with Crippen LogP contribution in [-0.2, 0) is 4.74 Å². The topological polar surface area (TPSA) is 87.6 Å². The zero-order valence-corrected chi connectivity index (χ0v) is 14.4. The number of phenolic OH excluding ortho intramolecular Hbond substituents is 1. The second-order valence-corrected chi connectivity index (χ2v) is 5.93. The van der Waals surface area contributed by atoms with Gasteiger partial charge < -0.3 is 20.1 Å². The molecule has 1 aliphatic rings. The van der Waals surface area contributed by atoms with E-state index in [4.69, 9.17) is 4.74 Å². The van der Waals surface area contributed by atoms with E-state index in [2.05, 4.69) is 20.2 Å². The third-order valence-corrected chi connectivity index (χ3v) is 4.22. The molecule has 1 unspecified atom stereocenters. The molecule has 7 heteroatoms. The fourth-order valence-electron chi connectivity index (χ4n) is 2.88. The predicted octanol–water partition coefficient (Wildman–Crippen LogP) is 1.82. The first-order valence-corrected chi connectivity index (χ1v) is 8.36. The zero-order valence-electron chi connectivity index (χ0n) is 14.4. The molecule has 1 aliphatic heterocycles. The molecule has 1 saturated heterocycles. The lowest BCUT2D eigenvalue weighted by Gasteiger charge is -2.34. The van der Waals surface area contributed by atoms with Gasteiger partial charge in [-0.1, -0.05) is 12.1 Å². The largest absolute Gasteiger partial charge is 0.508 e. The smallest absolute Gasteiger partial charge is 0.341 e. The van der Waals surface area contributed by atoms with Gasteiger partial charge in [-0.3, -0.25) is 0 Å². The number of ether oxygens (including phenoxy) is 1. The number of phenols is 1. The van der Waals surface area contributed by atoms with Gasteiger partial charge in [0.05, 0.1) is 17.9 Å². The Morgan fingerprint density at radius 2 is 2.16 bits per heavy atom. The maximum Gasteiger partial charge on any atom is 0.341 e. The second-order valence-electron chi connectivity index (χ2n) is 5.93. The summed E-state index contributed by atoms with van der Waals surface area (Å²) in [6, 6.07) is 7.32. The summed E-state index contributed by atoms with van der Waals surface area (Å²) < 4.78 is 5.02. The van der Waals surface area contributed by atoms with Crippen LogP contribution >= 0.6 is 0 Å². The Morgan fingerprint density at radius 3 is 2.84 bits per heavy atom. The molecule has 0 amide bonds. The van der Waals surface area contributed by atoms with E-state index >= 15 is 0 Å². The molecular formula is C18H22N4O3. The van der Waals surface area contributed by atoms with Crippen LogP contribution in [0.1, 0.15) is 34.6 Å². The average Bonchev–Trinajstić information content (AvgIpc) is 2.62. The molecule has 0 saturated carbocycles. The van der Waals surface area contributed by atoms with E-state index in [1.165, 1.54) is 6.20 Å². The quantitative estimate of drug-likeness (QED) is 0.820. The Hall–Kier alpha value is -2.67. The van der Waals surface area contributed by atoms with Crippen LogP contribution in [0, 0.1) is 6.92 Å². The Morgan fingerprint density at radius 1 is 1.40 bits per heavy atom. The molecule has 132 valence electrons. The molecule has 2 N–H and O–H groups in total. The molecule has 0 spiro atoms. The maximum atomic E-state index is 11.9. The number of nitrogens with zero attached hydrogens (tertiary/aromatic N) is 3. The van der Waals surface area contributed by atoms with Crippen molar-refractivity contribution in [1.82, 2.24) is 15.3 Å². The molecule has 1 aromatic carbocycles. The maximum absolute atomic E-state index is 11.9. The number of carbonyl (C=O) groups is 1. The van der Waals surface area contributed by atoms with Gasteiger partial charge >= 0.3 is 5.97 Å². The van der Waals surface area contributed by atoms with Crippen molar-refractivity contribution < 1.29 is 14.6 Å². The second kappa shape index (κ2) is 7.48. The number of rotatable bonds is 4. The van der Waals surface area contributed by atoms with Crippen molar-refractivity contribution in [2.24, 2.45) is 0 Å². The summed E-state index contributed by atoms with van der Waals surface area (Å²) in [6.07, 6.45) is 1.53. The Bertz CT molecular complexity index is 748. The fraction of sp³-hybridized carbons (Fsp3) is 0.389. The lowest BCUT2D eigenvalue weighted by molar-refractivity contribution is 0.0524. The summed E-state index contributed by atoms with van der Waals surface area (Å²) >= 11 is 0. The Balaban J connectivity index is 1.76. The normalized spacial score (nSPS) is 17.4. The number of aromatic nitrogens is 2. The van der Waals surface area contributed by atoms with E-state index in [0.717, 1.165) is 18.7 Å². The van der Waals surface area contributed by atoms with Crippen LogP contribution in [0.15, 0.2) is 30.5 Å². The van der Waals surface area contributed by atoms with Crippen LogP contribution in [0.2, 0.25) is 0 Å². The summed E-state index contributed by atoms with van der Waals surface area (Å²) in [5, 5.41) is 12.9. The van der Waals surface area contributed by atoms with Gasteiger partial charge in [-0.25, -0.2) is 14.8 Å². The molecule has 7 nitrogen and oxygen atoms in total. The van der Waals surface area contributed by atoms with Gasteiger partial charge in [0.15, 0.2) is 0 Å². The fourth-order valence-corrected chi connectivity index (χ4v) is 2.88. The number of benzene rings is 1. The number of hydrogen-bond donors (Lipinski definition) is 2. The van der Waals surface area contributed by atoms with Crippen molar-refractivity contribution in [2.45, 2.75) is 19.9 Å². The van der Waals surface area contributed by atoms with Crippen molar-refractivity contribution in [3.8, 4) is 5.75 Å². The van der Waals surface area contributed by atoms with E-state index in [-0.39, 0.29) is 11.8 Å². The lowest BCUT2D eigenvalue weighted by Crippen LogP contribution is -2.46. The van der Waals surface area contributed by atoms with E-state index in [9.17, 15) is 9.90 Å². The minimum Gasteiger partial charge on any atom is -0.508 e. The number of aromatic hydroxyl groups is 1. The molecule has 0 bridgehead atoms. The summed E-state index contributed by atoms with van der Waals surface area (Å²) in [5.41, 5.74) is 2.11. The van der Waals surface area contributed by atoms with Crippen LogP contribution in [-0.4, -0.2) is 47.3 Å². The van der Waals surface area contributed by atoms with Crippen LogP contribution in [0.5, 0.6) is 5.75 Å². The highest BCUT2D eigenvalue weighted by atomic mass is 16.5. The van der Waals surface area contributed by atoms with Crippen molar-refractivity contribution >= 4 is 11.9 Å². The summed E-state index contributed by atoms with van der Waals surface area (Å²) in [5.74, 6) is 0.467. The first kappa shape index (κ1) is 17.2. The Kier molecular flexibility index (Phi) is 5.14. The standard InChI is InChI=1S/C18H22N4O3/c1-3-25-17(24)15-10-20-18(21-12(15)2)22-9-8-19-16(11-22)13-4-6-14(23)7-5-13/h4-7,10,16,19,23H,3,8-9,11H2,1-2H3. The number of carbonyl (C=O) groups excluding carboxylic acids is 1. The highest BCUT2D eigenvalue weighted by Gasteiger charge is 2.23. The monoisotopic (exact) mass is 342 g/mol. The number of anilines is 1. The highest BCUT2D eigenvalue weighted by molar-refractivity contribution is 5.90. The first-order valence-electron chi connectivity index (χ1n) is 8.36. The van der Waals surface area contributed by atoms with E-state index in [0.29, 0.717) is 30.4 Å². The lowest BCUT2D eigenvalue weighted by atomic mass is 10.0. The number of hydrogen-bond acceptors (Lipinski definition) is 7. The van der Waals surface area contributed by atoms with E-state index in [1.54, 1.807) is 26.0 Å². The molecule has 3 rings (SSSR count). The SMILES string of the molecule is CCOC(=O)c1cnc(N2CCNC(c3ccc(O)cc3)C2)nc1C. The van der Waals surface area contributed by atoms with Crippen molar-refractivity contribution in [2.75, 3.05) is 31.1 Å². The third-order valence-electron chi connectivity index (χ3n) is 4.22. The molecule has 2 aromatic rings.